The van der Waals surface area contributed by atoms with Crippen LogP contribution in [0.5, 0.6) is 0 Å². The van der Waals surface area contributed by atoms with Crippen molar-refractivity contribution in [3.63, 3.8) is 0 Å². The number of rotatable bonds is 6. The Hall–Kier alpha value is -1.24. The van der Waals surface area contributed by atoms with Crippen molar-refractivity contribution in [3.05, 3.63) is 35.4 Å². The van der Waals surface area contributed by atoms with E-state index >= 15 is 0 Å². The highest BCUT2D eigenvalue weighted by molar-refractivity contribution is 5.26. The van der Waals surface area contributed by atoms with Gasteiger partial charge in [-0.25, -0.2) is 0 Å². The number of benzene rings is 1. The SMILES string of the molecule is CCCNC(Cc1cccc(C(F)(F)F)c1)CC(F)(F)F. The van der Waals surface area contributed by atoms with E-state index in [0.717, 1.165) is 12.1 Å². The van der Waals surface area contributed by atoms with Crippen LogP contribution < -0.4 is 5.32 Å². The van der Waals surface area contributed by atoms with Crippen molar-refractivity contribution in [2.45, 2.75) is 44.6 Å². The minimum atomic E-state index is -4.49. The summed E-state index contributed by atoms with van der Waals surface area (Å²) in [5.41, 5.74) is -0.607. The van der Waals surface area contributed by atoms with Gasteiger partial charge < -0.3 is 5.32 Å². The lowest BCUT2D eigenvalue weighted by molar-refractivity contribution is -0.140. The summed E-state index contributed by atoms with van der Waals surface area (Å²) in [5, 5.41) is 2.73. The Morgan fingerprint density at radius 1 is 1.10 bits per heavy atom. The molecule has 0 bridgehead atoms. The van der Waals surface area contributed by atoms with Crippen LogP contribution >= 0.6 is 0 Å². The van der Waals surface area contributed by atoms with Gasteiger partial charge in [0.25, 0.3) is 0 Å². The fraction of sp³-hybridized carbons (Fsp3) is 0.571. The molecule has 0 spiro atoms. The third-order valence-electron chi connectivity index (χ3n) is 2.90. The minimum absolute atomic E-state index is 0.0938. The molecule has 0 fully saturated rings. The molecule has 1 rings (SSSR count). The quantitative estimate of drug-likeness (QED) is 0.759. The van der Waals surface area contributed by atoms with Gasteiger partial charge in [-0.2, -0.15) is 26.3 Å². The summed E-state index contributed by atoms with van der Waals surface area (Å²) >= 11 is 0. The lowest BCUT2D eigenvalue weighted by Gasteiger charge is -2.20. The molecule has 0 heterocycles. The predicted octanol–water partition coefficient (Wildman–Crippen LogP) is 4.57. The highest BCUT2D eigenvalue weighted by Gasteiger charge is 2.33. The van der Waals surface area contributed by atoms with Crippen molar-refractivity contribution in [3.8, 4) is 0 Å². The highest BCUT2D eigenvalue weighted by Crippen LogP contribution is 2.30. The van der Waals surface area contributed by atoms with Gasteiger partial charge in [-0.1, -0.05) is 25.1 Å². The van der Waals surface area contributed by atoms with Crippen LogP contribution in [-0.4, -0.2) is 18.8 Å². The van der Waals surface area contributed by atoms with E-state index in [4.69, 9.17) is 0 Å². The van der Waals surface area contributed by atoms with E-state index in [-0.39, 0.29) is 12.0 Å². The van der Waals surface area contributed by atoms with Gasteiger partial charge in [0.05, 0.1) is 12.0 Å². The maximum absolute atomic E-state index is 12.6. The van der Waals surface area contributed by atoms with E-state index in [9.17, 15) is 26.3 Å². The zero-order valence-electron chi connectivity index (χ0n) is 11.5. The van der Waals surface area contributed by atoms with Gasteiger partial charge >= 0.3 is 12.4 Å². The van der Waals surface area contributed by atoms with Crippen LogP contribution in [0.2, 0.25) is 0 Å². The highest BCUT2D eigenvalue weighted by atomic mass is 19.4. The molecule has 0 saturated carbocycles. The van der Waals surface area contributed by atoms with E-state index in [2.05, 4.69) is 5.32 Å². The van der Waals surface area contributed by atoms with Crippen molar-refractivity contribution < 1.29 is 26.3 Å². The summed E-state index contributed by atoms with van der Waals surface area (Å²) in [6.07, 6.45) is -9.36. The van der Waals surface area contributed by atoms with Gasteiger partial charge in [-0.3, -0.25) is 0 Å². The second-order valence-electron chi connectivity index (χ2n) is 4.87. The first-order chi connectivity index (χ1) is 9.62. The monoisotopic (exact) mass is 313 g/mol. The van der Waals surface area contributed by atoms with Crippen LogP contribution in [0.15, 0.2) is 24.3 Å². The van der Waals surface area contributed by atoms with E-state index in [0.29, 0.717) is 13.0 Å². The molecule has 1 aromatic carbocycles. The van der Waals surface area contributed by atoms with Crippen molar-refractivity contribution in [1.29, 1.82) is 0 Å². The van der Waals surface area contributed by atoms with Crippen molar-refractivity contribution in [1.82, 2.24) is 5.32 Å². The molecule has 1 nitrogen and oxygen atoms in total. The molecule has 21 heavy (non-hydrogen) atoms. The van der Waals surface area contributed by atoms with Gasteiger partial charge in [0.2, 0.25) is 0 Å². The molecule has 0 saturated heterocycles. The largest absolute Gasteiger partial charge is 0.416 e. The Morgan fingerprint density at radius 2 is 1.76 bits per heavy atom. The van der Waals surface area contributed by atoms with Gasteiger partial charge in [0.15, 0.2) is 0 Å². The standard InChI is InChI=1S/C14H17F6N/c1-2-6-21-12(9-13(15,16)17)8-10-4-3-5-11(7-10)14(18,19)20/h3-5,7,12,21H,2,6,8-9H2,1H3. The number of hydrogen-bond donors (Lipinski definition) is 1. The Morgan fingerprint density at radius 3 is 2.29 bits per heavy atom. The zero-order chi connectivity index (χ0) is 16.1. The molecule has 7 heteroatoms. The first-order valence-corrected chi connectivity index (χ1v) is 6.58. The molecule has 0 amide bonds. The number of hydrogen-bond acceptors (Lipinski definition) is 1. The van der Waals surface area contributed by atoms with E-state index in [1.54, 1.807) is 0 Å². The average molecular weight is 313 g/mol. The van der Waals surface area contributed by atoms with Crippen molar-refractivity contribution in [2.75, 3.05) is 6.54 Å². The minimum Gasteiger partial charge on any atom is -0.313 e. The third kappa shape index (κ3) is 6.84. The Kier molecular flexibility index (Phi) is 6.07. The van der Waals surface area contributed by atoms with Crippen LogP contribution in [0.3, 0.4) is 0 Å². The maximum atomic E-state index is 12.6. The molecular formula is C14H17F6N. The van der Waals surface area contributed by atoms with E-state index < -0.39 is 30.4 Å². The molecule has 0 aliphatic heterocycles. The van der Waals surface area contributed by atoms with Gasteiger partial charge in [-0.15, -0.1) is 0 Å². The maximum Gasteiger partial charge on any atom is 0.416 e. The number of halogens is 6. The Balaban J connectivity index is 2.82. The summed E-state index contributed by atoms with van der Waals surface area (Å²) in [6, 6.07) is 3.50. The normalized spacial score (nSPS) is 14.2. The average Bonchev–Trinajstić information content (AvgIpc) is 2.33. The van der Waals surface area contributed by atoms with Gasteiger partial charge in [-0.05, 0) is 31.0 Å². The smallest absolute Gasteiger partial charge is 0.313 e. The lowest BCUT2D eigenvalue weighted by Crippen LogP contribution is -2.36. The fourth-order valence-corrected chi connectivity index (χ4v) is 2.00. The molecular weight excluding hydrogens is 296 g/mol. The van der Waals surface area contributed by atoms with Gasteiger partial charge in [0.1, 0.15) is 0 Å². The van der Waals surface area contributed by atoms with Crippen LogP contribution in [0, 0.1) is 0 Å². The molecule has 0 aliphatic rings. The summed E-state index contributed by atoms with van der Waals surface area (Å²) < 4.78 is 75.2. The number of nitrogens with one attached hydrogen (secondary N) is 1. The number of alkyl halides is 6. The fourth-order valence-electron chi connectivity index (χ4n) is 2.00. The molecule has 0 aliphatic carbocycles. The lowest BCUT2D eigenvalue weighted by atomic mass is 10.0. The molecule has 1 unspecified atom stereocenters. The zero-order valence-corrected chi connectivity index (χ0v) is 11.5. The first-order valence-electron chi connectivity index (χ1n) is 6.58. The summed E-state index contributed by atoms with van der Waals surface area (Å²) in [5.74, 6) is 0. The molecule has 1 aromatic rings. The molecule has 0 radical (unpaired) electrons. The molecule has 1 N–H and O–H groups in total. The molecule has 1 atom stereocenters. The van der Waals surface area contributed by atoms with Crippen LogP contribution in [0.4, 0.5) is 26.3 Å². The Bertz CT molecular complexity index is 438. The Labute approximate surface area is 119 Å². The summed E-state index contributed by atoms with van der Waals surface area (Å²) in [6.45, 7) is 2.20. The van der Waals surface area contributed by atoms with Gasteiger partial charge in [0, 0.05) is 6.04 Å². The first kappa shape index (κ1) is 17.8. The summed E-state index contributed by atoms with van der Waals surface area (Å²) in [7, 11) is 0. The van der Waals surface area contributed by atoms with Crippen LogP contribution in [0.1, 0.15) is 30.9 Å². The van der Waals surface area contributed by atoms with Crippen molar-refractivity contribution in [2.24, 2.45) is 0 Å². The van der Waals surface area contributed by atoms with Crippen LogP contribution in [0.25, 0.3) is 0 Å². The molecule has 120 valence electrons. The summed E-state index contributed by atoms with van der Waals surface area (Å²) in [4.78, 5) is 0. The van der Waals surface area contributed by atoms with Crippen molar-refractivity contribution >= 4 is 0 Å². The van der Waals surface area contributed by atoms with E-state index in [1.807, 2.05) is 6.92 Å². The molecule has 0 aromatic heterocycles. The topological polar surface area (TPSA) is 12.0 Å². The van der Waals surface area contributed by atoms with E-state index in [1.165, 1.54) is 12.1 Å². The van der Waals surface area contributed by atoms with Crippen LogP contribution in [-0.2, 0) is 12.6 Å². The second-order valence-corrected chi connectivity index (χ2v) is 4.87. The third-order valence-corrected chi connectivity index (χ3v) is 2.90. The second kappa shape index (κ2) is 7.15. The predicted molar refractivity (Wildman–Crippen MR) is 67.9 cm³/mol.